The Morgan fingerprint density at radius 3 is 2.65 bits per heavy atom. The van der Waals surface area contributed by atoms with E-state index in [1.54, 1.807) is 23.9 Å². The van der Waals surface area contributed by atoms with Gasteiger partial charge in [-0.2, -0.15) is 11.8 Å². The number of nitrogen functional groups attached to an aromatic ring is 1. The van der Waals surface area contributed by atoms with Crippen molar-refractivity contribution in [2.75, 3.05) is 38.5 Å². The van der Waals surface area contributed by atoms with Crippen LogP contribution >= 0.6 is 11.8 Å². The number of rotatable bonds is 8. The van der Waals surface area contributed by atoms with Crippen LogP contribution in [-0.2, 0) is 0 Å². The Kier molecular flexibility index (Phi) is 7.08. The molecule has 1 aromatic rings. The Morgan fingerprint density at radius 2 is 2.05 bits per heavy atom. The third-order valence-corrected chi connectivity index (χ3v) is 3.57. The van der Waals surface area contributed by atoms with Crippen LogP contribution in [0.25, 0.3) is 0 Å². The number of nitrogens with two attached hydrogens (primary N) is 1. The first kappa shape index (κ1) is 16.5. The molecule has 6 heteroatoms. The summed E-state index contributed by atoms with van der Waals surface area (Å²) in [5.74, 6) is 1.88. The topological polar surface area (TPSA) is 73.6 Å². The van der Waals surface area contributed by atoms with Gasteiger partial charge in [-0.3, -0.25) is 4.79 Å². The van der Waals surface area contributed by atoms with Crippen LogP contribution in [0.5, 0.6) is 11.5 Å². The molecule has 0 unspecified atom stereocenters. The predicted octanol–water partition coefficient (Wildman–Crippen LogP) is 2.16. The molecule has 0 aromatic heterocycles. The summed E-state index contributed by atoms with van der Waals surface area (Å²) >= 11 is 1.80. The maximum absolute atomic E-state index is 12.1. The minimum Gasteiger partial charge on any atom is -0.497 e. The fourth-order valence-corrected chi connectivity index (χ4v) is 2.24. The zero-order valence-electron chi connectivity index (χ0n) is 12.2. The van der Waals surface area contributed by atoms with Gasteiger partial charge in [-0.05, 0) is 30.9 Å². The van der Waals surface area contributed by atoms with Gasteiger partial charge in [-0.1, -0.05) is 0 Å². The Balaban J connectivity index is 2.71. The van der Waals surface area contributed by atoms with Crippen molar-refractivity contribution in [1.82, 2.24) is 5.32 Å². The van der Waals surface area contributed by atoms with Crippen molar-refractivity contribution in [3.8, 4) is 11.5 Å². The number of anilines is 1. The van der Waals surface area contributed by atoms with E-state index in [9.17, 15) is 4.79 Å². The molecule has 20 heavy (non-hydrogen) atoms. The SMILES string of the molecule is COc1cc(OC)c(N)c(C(=O)NCCCCSC)c1. The smallest absolute Gasteiger partial charge is 0.253 e. The normalized spacial score (nSPS) is 10.2. The lowest BCUT2D eigenvalue weighted by molar-refractivity contribution is 0.0953. The van der Waals surface area contributed by atoms with E-state index in [0.717, 1.165) is 18.6 Å². The highest BCUT2D eigenvalue weighted by Crippen LogP contribution is 2.30. The minimum atomic E-state index is -0.205. The number of carbonyl (C=O) groups excluding carboxylic acids is 1. The quantitative estimate of drug-likeness (QED) is 0.568. The Hall–Kier alpha value is -1.56. The van der Waals surface area contributed by atoms with E-state index in [4.69, 9.17) is 15.2 Å². The molecule has 0 atom stereocenters. The van der Waals surface area contributed by atoms with E-state index in [0.29, 0.717) is 29.3 Å². The molecule has 112 valence electrons. The molecular weight excluding hydrogens is 276 g/mol. The number of unbranched alkanes of at least 4 members (excludes halogenated alkanes) is 1. The van der Waals surface area contributed by atoms with Gasteiger partial charge in [0.25, 0.3) is 5.91 Å². The van der Waals surface area contributed by atoms with Gasteiger partial charge < -0.3 is 20.5 Å². The lowest BCUT2D eigenvalue weighted by Gasteiger charge is -2.12. The third-order valence-electron chi connectivity index (χ3n) is 2.88. The first-order valence-electron chi connectivity index (χ1n) is 6.42. The summed E-state index contributed by atoms with van der Waals surface area (Å²) in [6.45, 7) is 0.637. The van der Waals surface area contributed by atoms with Gasteiger partial charge in [0.15, 0.2) is 0 Å². The summed E-state index contributed by atoms with van der Waals surface area (Å²) in [6.07, 6.45) is 4.10. The molecule has 0 aliphatic carbocycles. The van der Waals surface area contributed by atoms with E-state index < -0.39 is 0 Å². The summed E-state index contributed by atoms with van der Waals surface area (Å²) in [4.78, 5) is 12.1. The van der Waals surface area contributed by atoms with Crippen molar-refractivity contribution in [3.63, 3.8) is 0 Å². The van der Waals surface area contributed by atoms with Crippen LogP contribution in [0, 0.1) is 0 Å². The van der Waals surface area contributed by atoms with Gasteiger partial charge in [0.2, 0.25) is 0 Å². The maximum atomic E-state index is 12.1. The molecule has 3 N–H and O–H groups in total. The average Bonchev–Trinajstić information content (AvgIpc) is 2.47. The van der Waals surface area contributed by atoms with Crippen molar-refractivity contribution in [2.24, 2.45) is 0 Å². The van der Waals surface area contributed by atoms with E-state index in [1.165, 1.54) is 14.2 Å². The number of thioether (sulfide) groups is 1. The highest BCUT2D eigenvalue weighted by atomic mass is 32.2. The molecule has 0 bridgehead atoms. The molecule has 1 amide bonds. The van der Waals surface area contributed by atoms with Crippen molar-refractivity contribution in [3.05, 3.63) is 17.7 Å². The molecule has 0 spiro atoms. The molecule has 0 saturated carbocycles. The second-order valence-electron chi connectivity index (χ2n) is 4.25. The van der Waals surface area contributed by atoms with Gasteiger partial charge >= 0.3 is 0 Å². The monoisotopic (exact) mass is 298 g/mol. The summed E-state index contributed by atoms with van der Waals surface area (Å²) < 4.78 is 10.3. The molecule has 0 aliphatic heterocycles. The maximum Gasteiger partial charge on any atom is 0.253 e. The number of carbonyl (C=O) groups is 1. The summed E-state index contributed by atoms with van der Waals surface area (Å²) in [5.41, 5.74) is 6.63. The van der Waals surface area contributed by atoms with E-state index >= 15 is 0 Å². The Morgan fingerprint density at radius 1 is 1.30 bits per heavy atom. The van der Waals surface area contributed by atoms with Gasteiger partial charge in [-0.25, -0.2) is 0 Å². The van der Waals surface area contributed by atoms with E-state index in [2.05, 4.69) is 11.6 Å². The first-order valence-corrected chi connectivity index (χ1v) is 7.82. The first-order chi connectivity index (χ1) is 9.63. The Bertz CT molecular complexity index is 452. The number of amides is 1. The van der Waals surface area contributed by atoms with Gasteiger partial charge in [0.05, 0.1) is 25.5 Å². The number of hydrogen-bond acceptors (Lipinski definition) is 5. The van der Waals surface area contributed by atoms with Crippen molar-refractivity contribution < 1.29 is 14.3 Å². The lowest BCUT2D eigenvalue weighted by atomic mass is 10.1. The van der Waals surface area contributed by atoms with Crippen LogP contribution in [0.4, 0.5) is 5.69 Å². The average molecular weight is 298 g/mol. The standard InChI is InChI=1S/C14H22N2O3S/c1-18-10-8-11(13(15)12(9-10)19-2)14(17)16-6-4-5-7-20-3/h8-9H,4-7,15H2,1-3H3,(H,16,17). The number of nitrogens with one attached hydrogen (secondary N) is 1. The van der Waals surface area contributed by atoms with Crippen LogP contribution in [0.15, 0.2) is 12.1 Å². The largest absolute Gasteiger partial charge is 0.497 e. The number of benzene rings is 1. The highest BCUT2D eigenvalue weighted by Gasteiger charge is 2.15. The fourth-order valence-electron chi connectivity index (χ4n) is 1.74. The number of methoxy groups -OCH3 is 2. The second kappa shape index (κ2) is 8.58. The molecule has 0 heterocycles. The van der Waals surface area contributed by atoms with Crippen molar-refractivity contribution in [2.45, 2.75) is 12.8 Å². The molecule has 1 rings (SSSR count). The molecule has 0 fully saturated rings. The van der Waals surface area contributed by atoms with Crippen LogP contribution < -0.4 is 20.5 Å². The van der Waals surface area contributed by atoms with Crippen LogP contribution in [0.1, 0.15) is 23.2 Å². The number of ether oxygens (including phenoxy) is 2. The highest BCUT2D eigenvalue weighted by molar-refractivity contribution is 7.98. The van der Waals surface area contributed by atoms with E-state index in [-0.39, 0.29) is 5.91 Å². The summed E-state index contributed by atoms with van der Waals surface area (Å²) in [7, 11) is 3.05. The molecular formula is C14H22N2O3S. The van der Waals surface area contributed by atoms with Crippen LogP contribution in [0.3, 0.4) is 0 Å². The summed E-state index contributed by atoms with van der Waals surface area (Å²) in [5, 5.41) is 2.86. The molecule has 0 aliphatic rings. The predicted molar refractivity (Wildman–Crippen MR) is 83.9 cm³/mol. The molecule has 0 radical (unpaired) electrons. The number of hydrogen-bond donors (Lipinski definition) is 2. The van der Waals surface area contributed by atoms with Gasteiger partial charge in [-0.15, -0.1) is 0 Å². The third kappa shape index (κ3) is 4.52. The molecule has 0 saturated heterocycles. The van der Waals surface area contributed by atoms with E-state index in [1.807, 2.05) is 0 Å². The zero-order valence-corrected chi connectivity index (χ0v) is 13.0. The van der Waals surface area contributed by atoms with Crippen molar-refractivity contribution >= 4 is 23.4 Å². The molecule has 5 nitrogen and oxygen atoms in total. The van der Waals surface area contributed by atoms with Crippen LogP contribution in [0.2, 0.25) is 0 Å². The second-order valence-corrected chi connectivity index (χ2v) is 5.23. The fraction of sp³-hybridized carbons (Fsp3) is 0.500. The van der Waals surface area contributed by atoms with Gasteiger partial charge in [0.1, 0.15) is 11.5 Å². The molecule has 1 aromatic carbocycles. The minimum absolute atomic E-state index is 0.205. The lowest BCUT2D eigenvalue weighted by Crippen LogP contribution is -2.25. The zero-order chi connectivity index (χ0) is 15.0. The Labute approximate surface area is 124 Å². The summed E-state index contributed by atoms with van der Waals surface area (Å²) in [6, 6.07) is 3.28. The van der Waals surface area contributed by atoms with Gasteiger partial charge in [0, 0.05) is 12.6 Å². The van der Waals surface area contributed by atoms with Crippen LogP contribution in [-0.4, -0.2) is 38.7 Å². The van der Waals surface area contributed by atoms with Crippen molar-refractivity contribution in [1.29, 1.82) is 0 Å².